The van der Waals surface area contributed by atoms with Gasteiger partial charge in [0.1, 0.15) is 5.69 Å². The highest BCUT2D eigenvalue weighted by Crippen LogP contribution is 2.08. The molecule has 0 unspecified atom stereocenters. The molecule has 0 saturated carbocycles. The number of nitrogens with zero attached hydrogens (tertiary/aromatic N) is 1. The zero-order valence-corrected chi connectivity index (χ0v) is 10.4. The van der Waals surface area contributed by atoms with Gasteiger partial charge in [0.2, 0.25) is 0 Å². The molecule has 0 fully saturated rings. The monoisotopic (exact) mass is 272 g/mol. The van der Waals surface area contributed by atoms with E-state index in [0.29, 0.717) is 12.1 Å². The van der Waals surface area contributed by atoms with E-state index in [1.807, 2.05) is 0 Å². The Morgan fingerprint density at radius 1 is 1.40 bits per heavy atom. The average Bonchev–Trinajstić information content (AvgIpc) is 2.96. The van der Waals surface area contributed by atoms with Gasteiger partial charge in [0, 0.05) is 29.9 Å². The molecule has 6 heteroatoms. The molecule has 0 aliphatic rings. The minimum absolute atomic E-state index is 0.175. The van der Waals surface area contributed by atoms with Crippen molar-refractivity contribution in [2.75, 3.05) is 0 Å². The number of carbonyl (C=O) groups excluding carboxylic acids is 1. The van der Waals surface area contributed by atoms with E-state index < -0.39 is 5.97 Å². The van der Waals surface area contributed by atoms with Gasteiger partial charge in [0.15, 0.2) is 0 Å². The van der Waals surface area contributed by atoms with Crippen LogP contribution in [-0.2, 0) is 11.3 Å². The zero-order chi connectivity index (χ0) is 14.4. The second kappa shape index (κ2) is 6.33. The Balaban J connectivity index is 2.11. The third kappa shape index (κ3) is 3.55. The molecule has 2 heterocycles. The van der Waals surface area contributed by atoms with Gasteiger partial charge in [-0.25, -0.2) is 4.79 Å². The van der Waals surface area contributed by atoms with E-state index in [1.165, 1.54) is 24.8 Å². The number of carboxylic acids is 1. The molecule has 0 aromatic carbocycles. The van der Waals surface area contributed by atoms with E-state index in [2.05, 4.69) is 10.3 Å². The number of furan rings is 1. The molecule has 102 valence electrons. The Hall–Kier alpha value is -2.89. The van der Waals surface area contributed by atoms with Crippen molar-refractivity contribution in [2.45, 2.75) is 6.54 Å². The number of carbonyl (C=O) groups is 2. The summed E-state index contributed by atoms with van der Waals surface area (Å²) < 4.78 is 4.90. The van der Waals surface area contributed by atoms with Gasteiger partial charge < -0.3 is 14.8 Å². The van der Waals surface area contributed by atoms with Crippen molar-refractivity contribution < 1.29 is 19.1 Å². The van der Waals surface area contributed by atoms with Crippen molar-refractivity contribution in [2.24, 2.45) is 0 Å². The zero-order valence-electron chi connectivity index (χ0n) is 10.4. The first-order chi connectivity index (χ1) is 9.66. The molecule has 0 atom stereocenters. The van der Waals surface area contributed by atoms with E-state index >= 15 is 0 Å². The summed E-state index contributed by atoms with van der Waals surface area (Å²) >= 11 is 0. The van der Waals surface area contributed by atoms with E-state index in [1.54, 1.807) is 18.2 Å². The number of amides is 1. The van der Waals surface area contributed by atoms with Crippen LogP contribution in [0, 0.1) is 0 Å². The molecule has 0 spiro atoms. The van der Waals surface area contributed by atoms with Gasteiger partial charge >= 0.3 is 5.97 Å². The fourth-order valence-corrected chi connectivity index (χ4v) is 1.56. The van der Waals surface area contributed by atoms with Gasteiger partial charge in [-0.15, -0.1) is 0 Å². The Kier molecular flexibility index (Phi) is 4.28. The maximum absolute atomic E-state index is 12.0. The lowest BCUT2D eigenvalue weighted by molar-refractivity contribution is -0.131. The molecule has 2 N–H and O–H groups in total. The average molecular weight is 272 g/mol. The lowest BCUT2D eigenvalue weighted by Crippen LogP contribution is -2.24. The number of rotatable bonds is 5. The molecular weight excluding hydrogens is 260 g/mol. The number of nitrogens with one attached hydrogen (secondary N) is 1. The standard InChI is InChI=1S/C14H12N2O4/c17-12(18)4-3-11-2-1-6-15-13(11)14(19)16-8-10-5-7-20-9-10/h1-7,9H,8H2,(H,16,19)(H,17,18)/b4-3+. The summed E-state index contributed by atoms with van der Waals surface area (Å²) in [7, 11) is 0. The van der Waals surface area contributed by atoms with Crippen LogP contribution in [0.25, 0.3) is 6.08 Å². The highest BCUT2D eigenvalue weighted by molar-refractivity contribution is 5.97. The molecule has 0 aliphatic heterocycles. The number of carboxylic acid groups (broad SMARTS) is 1. The molecule has 0 saturated heterocycles. The van der Waals surface area contributed by atoms with Crippen molar-refractivity contribution >= 4 is 18.0 Å². The largest absolute Gasteiger partial charge is 0.478 e. The lowest BCUT2D eigenvalue weighted by atomic mass is 10.1. The summed E-state index contributed by atoms with van der Waals surface area (Å²) in [5, 5.41) is 11.3. The van der Waals surface area contributed by atoms with Crippen LogP contribution in [0.4, 0.5) is 0 Å². The van der Waals surface area contributed by atoms with E-state index in [-0.39, 0.29) is 11.6 Å². The van der Waals surface area contributed by atoms with Crippen LogP contribution >= 0.6 is 0 Å². The number of aliphatic carboxylic acids is 1. The molecule has 2 rings (SSSR count). The number of hydrogen-bond donors (Lipinski definition) is 2. The Labute approximate surface area is 114 Å². The number of aromatic nitrogens is 1. The maximum Gasteiger partial charge on any atom is 0.328 e. The smallest absolute Gasteiger partial charge is 0.328 e. The predicted octanol–water partition coefficient (Wildman–Crippen LogP) is 1.70. The van der Waals surface area contributed by atoms with E-state index in [9.17, 15) is 9.59 Å². The Morgan fingerprint density at radius 2 is 2.25 bits per heavy atom. The van der Waals surface area contributed by atoms with Gasteiger partial charge in [-0.1, -0.05) is 6.07 Å². The highest BCUT2D eigenvalue weighted by atomic mass is 16.4. The molecule has 0 bridgehead atoms. The third-order valence-corrected chi connectivity index (χ3v) is 2.49. The second-order valence-corrected chi connectivity index (χ2v) is 3.93. The summed E-state index contributed by atoms with van der Waals surface area (Å²) in [5.41, 5.74) is 1.45. The molecule has 6 nitrogen and oxygen atoms in total. The first-order valence-electron chi connectivity index (χ1n) is 5.82. The number of hydrogen-bond acceptors (Lipinski definition) is 4. The predicted molar refractivity (Wildman–Crippen MR) is 70.8 cm³/mol. The van der Waals surface area contributed by atoms with Crippen LogP contribution in [0.2, 0.25) is 0 Å². The first kappa shape index (κ1) is 13.5. The van der Waals surface area contributed by atoms with Crippen LogP contribution in [0.5, 0.6) is 0 Å². The summed E-state index contributed by atoms with van der Waals surface area (Å²) in [6, 6.07) is 5.00. The lowest BCUT2D eigenvalue weighted by Gasteiger charge is -2.05. The van der Waals surface area contributed by atoms with Crippen molar-refractivity contribution in [3.05, 3.63) is 59.8 Å². The van der Waals surface area contributed by atoms with Crippen LogP contribution in [0.1, 0.15) is 21.6 Å². The second-order valence-electron chi connectivity index (χ2n) is 3.93. The quantitative estimate of drug-likeness (QED) is 0.808. The SMILES string of the molecule is O=C(O)/C=C/c1cccnc1C(=O)NCc1ccoc1. The fourth-order valence-electron chi connectivity index (χ4n) is 1.56. The van der Waals surface area contributed by atoms with Gasteiger partial charge in [-0.05, 0) is 18.2 Å². The summed E-state index contributed by atoms with van der Waals surface area (Å²) in [6.07, 6.45) is 6.82. The molecule has 1 amide bonds. The van der Waals surface area contributed by atoms with Gasteiger partial charge in [-0.2, -0.15) is 0 Å². The number of pyridine rings is 1. The molecule has 0 aliphatic carbocycles. The summed E-state index contributed by atoms with van der Waals surface area (Å²) in [6.45, 7) is 0.313. The van der Waals surface area contributed by atoms with Gasteiger partial charge in [0.05, 0.1) is 12.5 Å². The minimum Gasteiger partial charge on any atom is -0.478 e. The van der Waals surface area contributed by atoms with E-state index in [0.717, 1.165) is 11.6 Å². The van der Waals surface area contributed by atoms with Gasteiger partial charge in [0.25, 0.3) is 5.91 Å². The van der Waals surface area contributed by atoms with Crippen molar-refractivity contribution in [3.63, 3.8) is 0 Å². The van der Waals surface area contributed by atoms with Crippen LogP contribution < -0.4 is 5.32 Å². The van der Waals surface area contributed by atoms with Crippen LogP contribution in [0.3, 0.4) is 0 Å². The van der Waals surface area contributed by atoms with Crippen LogP contribution in [-0.4, -0.2) is 22.0 Å². The normalized spacial score (nSPS) is 10.6. The van der Waals surface area contributed by atoms with Crippen molar-refractivity contribution in [1.82, 2.24) is 10.3 Å². The highest BCUT2D eigenvalue weighted by Gasteiger charge is 2.11. The summed E-state index contributed by atoms with van der Waals surface area (Å²) in [5.74, 6) is -1.46. The maximum atomic E-state index is 12.0. The molecule has 20 heavy (non-hydrogen) atoms. The molecule has 0 radical (unpaired) electrons. The third-order valence-electron chi connectivity index (χ3n) is 2.49. The van der Waals surface area contributed by atoms with Crippen molar-refractivity contribution in [3.8, 4) is 0 Å². The minimum atomic E-state index is -1.08. The molecular formula is C14H12N2O4. The summed E-state index contributed by atoms with van der Waals surface area (Å²) in [4.78, 5) is 26.5. The van der Waals surface area contributed by atoms with Crippen molar-refractivity contribution in [1.29, 1.82) is 0 Å². The van der Waals surface area contributed by atoms with Gasteiger partial charge in [-0.3, -0.25) is 9.78 Å². The fraction of sp³-hybridized carbons (Fsp3) is 0.0714. The first-order valence-corrected chi connectivity index (χ1v) is 5.82. The molecule has 2 aromatic rings. The van der Waals surface area contributed by atoms with Crippen LogP contribution in [0.15, 0.2) is 47.4 Å². The Morgan fingerprint density at radius 3 is 2.95 bits per heavy atom. The molecule has 2 aromatic heterocycles. The topological polar surface area (TPSA) is 92.4 Å². The Bertz CT molecular complexity index is 632. The van der Waals surface area contributed by atoms with E-state index in [4.69, 9.17) is 9.52 Å².